The molecule has 1 aromatic heterocycles. The number of rotatable bonds is 5. The van der Waals surface area contributed by atoms with E-state index in [1.54, 1.807) is 0 Å². The van der Waals surface area contributed by atoms with Crippen LogP contribution in [-0.2, 0) is 4.79 Å². The zero-order chi connectivity index (χ0) is 22.7. The fraction of sp³-hybridized carbons (Fsp3) is 0.320. The van der Waals surface area contributed by atoms with Crippen molar-refractivity contribution < 1.29 is 9.59 Å². The van der Waals surface area contributed by atoms with E-state index in [4.69, 9.17) is 0 Å². The van der Waals surface area contributed by atoms with Gasteiger partial charge in [-0.3, -0.25) is 14.5 Å². The lowest BCUT2D eigenvalue weighted by Gasteiger charge is -2.34. The molecular weight excluding hydrogens is 420 g/mol. The van der Waals surface area contributed by atoms with Crippen molar-refractivity contribution in [1.29, 1.82) is 0 Å². The Morgan fingerprint density at radius 2 is 1.66 bits per heavy atom. The first-order valence-corrected chi connectivity index (χ1v) is 11.7. The fourth-order valence-electron chi connectivity index (χ4n) is 3.93. The zero-order valence-electron chi connectivity index (χ0n) is 18.7. The smallest absolute Gasteiger partial charge is 0.253 e. The Morgan fingerprint density at radius 1 is 0.969 bits per heavy atom. The summed E-state index contributed by atoms with van der Waals surface area (Å²) in [6.07, 6.45) is 0. The number of carbonyl (C=O) groups is 2. The van der Waals surface area contributed by atoms with E-state index in [0.29, 0.717) is 43.4 Å². The molecule has 0 bridgehead atoms. The van der Waals surface area contributed by atoms with E-state index in [2.05, 4.69) is 48.1 Å². The Hall–Kier alpha value is -3.03. The molecule has 1 aliphatic rings. The maximum atomic E-state index is 12.6. The Balaban J connectivity index is 1.30. The third-order valence-electron chi connectivity index (χ3n) is 5.91. The van der Waals surface area contributed by atoms with Gasteiger partial charge in [0.25, 0.3) is 5.91 Å². The molecule has 7 heteroatoms. The van der Waals surface area contributed by atoms with Gasteiger partial charge < -0.3 is 10.2 Å². The number of amides is 2. The lowest BCUT2D eigenvalue weighted by atomic mass is 9.99. The summed E-state index contributed by atoms with van der Waals surface area (Å²) >= 11 is 1.44. The van der Waals surface area contributed by atoms with Crippen LogP contribution in [0.3, 0.4) is 0 Å². The van der Waals surface area contributed by atoms with Crippen LogP contribution in [0.1, 0.15) is 27.0 Å². The number of carbonyl (C=O) groups excluding carboxylic acids is 2. The van der Waals surface area contributed by atoms with Crippen molar-refractivity contribution in [3.8, 4) is 11.3 Å². The lowest BCUT2D eigenvalue weighted by Crippen LogP contribution is -2.50. The van der Waals surface area contributed by atoms with Gasteiger partial charge in [-0.2, -0.15) is 0 Å². The number of nitrogens with one attached hydrogen (secondary N) is 1. The molecule has 1 fully saturated rings. The van der Waals surface area contributed by atoms with Gasteiger partial charge in [0.15, 0.2) is 5.13 Å². The van der Waals surface area contributed by atoms with Crippen LogP contribution in [-0.4, -0.2) is 59.3 Å². The fourth-order valence-corrected chi connectivity index (χ4v) is 4.65. The summed E-state index contributed by atoms with van der Waals surface area (Å²) < 4.78 is 0. The SMILES string of the molecule is Cc1cc(C)c(-c2csc(NC(=O)CN3CCN(C(=O)c4ccccc4)CC3)n2)cc1C. The Morgan fingerprint density at radius 3 is 2.38 bits per heavy atom. The molecule has 0 radical (unpaired) electrons. The maximum Gasteiger partial charge on any atom is 0.253 e. The molecule has 2 heterocycles. The topological polar surface area (TPSA) is 65.5 Å². The molecule has 32 heavy (non-hydrogen) atoms. The van der Waals surface area contributed by atoms with Crippen molar-refractivity contribution in [1.82, 2.24) is 14.8 Å². The number of nitrogens with zero attached hydrogens (tertiary/aromatic N) is 3. The molecule has 2 amide bonds. The minimum absolute atomic E-state index is 0.0478. The Kier molecular flexibility index (Phi) is 6.67. The standard InChI is InChI=1S/C25H28N4O2S/c1-17-13-19(3)21(14-18(17)2)22-16-32-25(26-22)27-23(30)15-28-9-11-29(12-10-28)24(31)20-7-5-4-6-8-20/h4-8,13-14,16H,9-12,15H2,1-3H3,(H,26,27,30). The molecule has 0 unspecified atom stereocenters. The van der Waals surface area contributed by atoms with Crippen LogP contribution in [0.2, 0.25) is 0 Å². The summed E-state index contributed by atoms with van der Waals surface area (Å²) in [7, 11) is 0. The van der Waals surface area contributed by atoms with Crippen LogP contribution in [0, 0.1) is 20.8 Å². The molecule has 6 nitrogen and oxygen atoms in total. The minimum Gasteiger partial charge on any atom is -0.336 e. The van der Waals surface area contributed by atoms with Crippen molar-refractivity contribution in [3.63, 3.8) is 0 Å². The van der Waals surface area contributed by atoms with Crippen molar-refractivity contribution in [2.45, 2.75) is 20.8 Å². The predicted octanol–water partition coefficient (Wildman–Crippen LogP) is 4.13. The number of aromatic nitrogens is 1. The van der Waals surface area contributed by atoms with Gasteiger partial charge in [0.1, 0.15) is 0 Å². The zero-order valence-corrected chi connectivity index (χ0v) is 19.5. The number of hydrogen-bond donors (Lipinski definition) is 1. The lowest BCUT2D eigenvalue weighted by molar-refractivity contribution is -0.117. The monoisotopic (exact) mass is 448 g/mol. The van der Waals surface area contributed by atoms with Gasteiger partial charge in [-0.1, -0.05) is 24.3 Å². The molecule has 1 aliphatic heterocycles. The van der Waals surface area contributed by atoms with Crippen molar-refractivity contribution in [3.05, 3.63) is 70.1 Å². The highest BCUT2D eigenvalue weighted by Gasteiger charge is 2.23. The van der Waals surface area contributed by atoms with Crippen LogP contribution in [0.25, 0.3) is 11.3 Å². The van der Waals surface area contributed by atoms with E-state index in [0.717, 1.165) is 11.3 Å². The molecule has 3 aromatic rings. The van der Waals surface area contributed by atoms with E-state index in [-0.39, 0.29) is 11.8 Å². The molecule has 1 saturated heterocycles. The number of aryl methyl sites for hydroxylation is 3. The van der Waals surface area contributed by atoms with Crippen molar-refractivity contribution in [2.24, 2.45) is 0 Å². The van der Waals surface area contributed by atoms with Gasteiger partial charge in [0.2, 0.25) is 5.91 Å². The number of hydrogen-bond acceptors (Lipinski definition) is 5. The Labute approximate surface area is 192 Å². The van der Waals surface area contributed by atoms with Crippen LogP contribution in [0.15, 0.2) is 47.8 Å². The minimum atomic E-state index is -0.0782. The maximum absolute atomic E-state index is 12.6. The highest BCUT2D eigenvalue weighted by molar-refractivity contribution is 7.14. The van der Waals surface area contributed by atoms with Gasteiger partial charge in [0, 0.05) is 42.7 Å². The highest BCUT2D eigenvalue weighted by Crippen LogP contribution is 2.29. The second kappa shape index (κ2) is 9.63. The van der Waals surface area contributed by atoms with Gasteiger partial charge in [-0.05, 0) is 55.7 Å². The van der Waals surface area contributed by atoms with E-state index < -0.39 is 0 Å². The van der Waals surface area contributed by atoms with Crippen LogP contribution < -0.4 is 5.32 Å². The van der Waals surface area contributed by atoms with Crippen LogP contribution in [0.4, 0.5) is 5.13 Å². The average molecular weight is 449 g/mol. The Bertz CT molecular complexity index is 1120. The van der Waals surface area contributed by atoms with Crippen molar-refractivity contribution in [2.75, 3.05) is 38.0 Å². The highest BCUT2D eigenvalue weighted by atomic mass is 32.1. The third kappa shape index (κ3) is 5.06. The summed E-state index contributed by atoms with van der Waals surface area (Å²) in [5, 5.41) is 5.53. The van der Waals surface area contributed by atoms with E-state index in [1.165, 1.54) is 28.0 Å². The first-order valence-electron chi connectivity index (χ1n) is 10.8. The molecule has 0 spiro atoms. The molecular formula is C25H28N4O2S. The van der Waals surface area contributed by atoms with Gasteiger partial charge >= 0.3 is 0 Å². The summed E-state index contributed by atoms with van der Waals surface area (Å²) in [5.41, 5.74) is 6.37. The number of anilines is 1. The molecule has 1 N–H and O–H groups in total. The average Bonchev–Trinajstić information content (AvgIpc) is 3.25. The largest absolute Gasteiger partial charge is 0.336 e. The number of benzene rings is 2. The second-order valence-electron chi connectivity index (χ2n) is 8.27. The first-order chi connectivity index (χ1) is 15.4. The van der Waals surface area contributed by atoms with E-state index in [1.807, 2.05) is 40.6 Å². The van der Waals surface area contributed by atoms with Crippen LogP contribution >= 0.6 is 11.3 Å². The number of piperazine rings is 1. The molecule has 2 aromatic carbocycles. The van der Waals surface area contributed by atoms with Crippen LogP contribution in [0.5, 0.6) is 0 Å². The summed E-state index contributed by atoms with van der Waals surface area (Å²) in [6, 6.07) is 13.7. The summed E-state index contributed by atoms with van der Waals surface area (Å²) in [5.74, 6) is -0.0304. The predicted molar refractivity (Wildman–Crippen MR) is 129 cm³/mol. The quantitative estimate of drug-likeness (QED) is 0.637. The van der Waals surface area contributed by atoms with E-state index in [9.17, 15) is 9.59 Å². The summed E-state index contributed by atoms with van der Waals surface area (Å²) in [6.45, 7) is 9.18. The molecule has 166 valence electrons. The molecule has 0 aliphatic carbocycles. The van der Waals surface area contributed by atoms with Crippen molar-refractivity contribution >= 4 is 28.3 Å². The van der Waals surface area contributed by atoms with Gasteiger partial charge in [-0.15, -0.1) is 11.3 Å². The molecule has 0 saturated carbocycles. The molecule has 4 rings (SSSR count). The van der Waals surface area contributed by atoms with E-state index >= 15 is 0 Å². The number of thiazole rings is 1. The van der Waals surface area contributed by atoms with Gasteiger partial charge in [0.05, 0.1) is 12.2 Å². The summed E-state index contributed by atoms with van der Waals surface area (Å²) in [4.78, 5) is 33.7. The first kappa shape index (κ1) is 22.2. The second-order valence-corrected chi connectivity index (χ2v) is 9.13. The van der Waals surface area contributed by atoms with Gasteiger partial charge in [-0.25, -0.2) is 4.98 Å². The third-order valence-corrected chi connectivity index (χ3v) is 6.67. The normalized spacial score (nSPS) is 14.4. The molecule has 0 atom stereocenters.